The first-order valence-electron chi connectivity index (χ1n) is 7.06. The third-order valence-corrected chi connectivity index (χ3v) is 4.52. The monoisotopic (exact) mass is 240 g/mol. The highest BCUT2D eigenvalue weighted by molar-refractivity contribution is 5.15. The number of nitrogens with zero attached hydrogens (tertiary/aromatic N) is 2. The van der Waals surface area contributed by atoms with Crippen molar-refractivity contribution in [3.05, 3.63) is 35.9 Å². The standard InChI is InChI=1S/C16H20N2/c17-11-14-9-15-7-4-8-16(10-14)18(15)12-13-5-2-1-3-6-13/h1-3,5-6,14-16H,4,7-10,12H2/t15-,16-/m1/s1. The zero-order valence-corrected chi connectivity index (χ0v) is 10.8. The minimum atomic E-state index is 0.298. The van der Waals surface area contributed by atoms with Gasteiger partial charge in [0.25, 0.3) is 0 Å². The summed E-state index contributed by atoms with van der Waals surface area (Å²) in [5.41, 5.74) is 1.41. The molecule has 0 unspecified atom stereocenters. The topological polar surface area (TPSA) is 27.0 Å². The molecular formula is C16H20N2. The number of hydrogen-bond donors (Lipinski definition) is 0. The fourth-order valence-electron chi connectivity index (χ4n) is 3.64. The first-order chi connectivity index (χ1) is 8.86. The largest absolute Gasteiger partial charge is 0.293 e. The van der Waals surface area contributed by atoms with Crippen molar-refractivity contribution in [2.45, 2.75) is 50.7 Å². The summed E-state index contributed by atoms with van der Waals surface area (Å²) in [6.45, 7) is 1.06. The molecule has 2 saturated heterocycles. The highest BCUT2D eigenvalue weighted by Gasteiger charge is 2.37. The van der Waals surface area contributed by atoms with E-state index < -0.39 is 0 Å². The van der Waals surface area contributed by atoms with Gasteiger partial charge in [-0.15, -0.1) is 0 Å². The number of hydrogen-bond acceptors (Lipinski definition) is 2. The Hall–Kier alpha value is -1.33. The molecule has 2 heteroatoms. The number of rotatable bonds is 2. The average molecular weight is 240 g/mol. The van der Waals surface area contributed by atoms with Crippen molar-refractivity contribution >= 4 is 0 Å². The Kier molecular flexibility index (Phi) is 3.34. The summed E-state index contributed by atoms with van der Waals surface area (Å²) in [5.74, 6) is 0.298. The van der Waals surface area contributed by atoms with E-state index >= 15 is 0 Å². The molecule has 0 aliphatic carbocycles. The lowest BCUT2D eigenvalue weighted by Crippen LogP contribution is -2.51. The lowest BCUT2D eigenvalue weighted by atomic mass is 9.79. The van der Waals surface area contributed by atoms with Crippen molar-refractivity contribution in [3.63, 3.8) is 0 Å². The molecule has 1 aromatic carbocycles. The van der Waals surface area contributed by atoms with Gasteiger partial charge >= 0.3 is 0 Å². The van der Waals surface area contributed by atoms with Gasteiger partial charge < -0.3 is 0 Å². The predicted octanol–water partition coefficient (Wildman–Crippen LogP) is 3.34. The molecule has 3 rings (SSSR count). The number of benzene rings is 1. The Morgan fingerprint density at radius 1 is 1.11 bits per heavy atom. The molecule has 2 bridgehead atoms. The Morgan fingerprint density at radius 2 is 1.78 bits per heavy atom. The van der Waals surface area contributed by atoms with Gasteiger partial charge in [-0.1, -0.05) is 36.8 Å². The summed E-state index contributed by atoms with van der Waals surface area (Å²) in [7, 11) is 0. The van der Waals surface area contributed by atoms with Gasteiger partial charge in [0.15, 0.2) is 0 Å². The molecule has 2 nitrogen and oxygen atoms in total. The molecule has 2 fully saturated rings. The summed E-state index contributed by atoms with van der Waals surface area (Å²) in [4.78, 5) is 2.66. The molecule has 0 spiro atoms. The van der Waals surface area contributed by atoms with E-state index in [4.69, 9.17) is 5.26 Å². The molecule has 94 valence electrons. The molecule has 2 atom stereocenters. The summed E-state index contributed by atoms with van der Waals surface area (Å²) >= 11 is 0. The van der Waals surface area contributed by atoms with Crippen LogP contribution >= 0.6 is 0 Å². The summed E-state index contributed by atoms with van der Waals surface area (Å²) in [6, 6.07) is 14.5. The molecule has 1 aromatic rings. The van der Waals surface area contributed by atoms with Crippen LogP contribution < -0.4 is 0 Å². The first kappa shape index (κ1) is 11.7. The Labute approximate surface area is 109 Å². The molecule has 18 heavy (non-hydrogen) atoms. The normalized spacial score (nSPS) is 31.8. The van der Waals surface area contributed by atoms with Gasteiger partial charge in [0.05, 0.1) is 6.07 Å². The van der Waals surface area contributed by atoms with Crippen LogP contribution in [0.2, 0.25) is 0 Å². The predicted molar refractivity (Wildman–Crippen MR) is 71.7 cm³/mol. The van der Waals surface area contributed by atoms with E-state index in [1.807, 2.05) is 0 Å². The molecule has 2 aliphatic heterocycles. The second-order valence-electron chi connectivity index (χ2n) is 5.69. The number of piperidine rings is 2. The second kappa shape index (κ2) is 5.12. The lowest BCUT2D eigenvalue weighted by molar-refractivity contribution is 0.0184. The van der Waals surface area contributed by atoms with Crippen LogP contribution in [-0.4, -0.2) is 17.0 Å². The summed E-state index contributed by atoms with van der Waals surface area (Å²) in [5, 5.41) is 9.15. The van der Waals surface area contributed by atoms with E-state index in [2.05, 4.69) is 41.3 Å². The van der Waals surface area contributed by atoms with Crippen molar-refractivity contribution in [2.75, 3.05) is 0 Å². The van der Waals surface area contributed by atoms with E-state index in [0.29, 0.717) is 18.0 Å². The van der Waals surface area contributed by atoms with Crippen LogP contribution in [0.1, 0.15) is 37.7 Å². The van der Waals surface area contributed by atoms with Gasteiger partial charge in [-0.3, -0.25) is 4.90 Å². The van der Waals surface area contributed by atoms with Gasteiger partial charge in [-0.2, -0.15) is 5.26 Å². The molecule has 0 amide bonds. The minimum absolute atomic E-state index is 0.298. The van der Waals surface area contributed by atoms with Crippen molar-refractivity contribution < 1.29 is 0 Å². The third-order valence-electron chi connectivity index (χ3n) is 4.52. The average Bonchev–Trinajstić information content (AvgIpc) is 2.39. The van der Waals surface area contributed by atoms with Crippen molar-refractivity contribution in [3.8, 4) is 6.07 Å². The van der Waals surface area contributed by atoms with E-state index in [1.165, 1.54) is 24.8 Å². The smallest absolute Gasteiger partial charge is 0.0657 e. The van der Waals surface area contributed by atoms with Gasteiger partial charge in [0.2, 0.25) is 0 Å². The molecule has 0 radical (unpaired) electrons. The number of fused-ring (bicyclic) bond motifs is 2. The molecule has 2 aliphatic rings. The highest BCUT2D eigenvalue weighted by atomic mass is 15.2. The maximum absolute atomic E-state index is 9.15. The van der Waals surface area contributed by atoms with Crippen LogP contribution in [0.5, 0.6) is 0 Å². The first-order valence-corrected chi connectivity index (χ1v) is 7.06. The Morgan fingerprint density at radius 3 is 2.39 bits per heavy atom. The van der Waals surface area contributed by atoms with Crippen LogP contribution in [0.4, 0.5) is 0 Å². The SMILES string of the molecule is N#CC1C[C@H]2CCC[C@H](C1)N2Cc1ccccc1. The van der Waals surface area contributed by atoms with Crippen LogP contribution in [0, 0.1) is 17.2 Å². The zero-order chi connectivity index (χ0) is 12.4. The van der Waals surface area contributed by atoms with Gasteiger partial charge in [0.1, 0.15) is 0 Å². The second-order valence-corrected chi connectivity index (χ2v) is 5.69. The summed E-state index contributed by atoms with van der Waals surface area (Å²) in [6.07, 6.45) is 6.07. The minimum Gasteiger partial charge on any atom is -0.293 e. The van der Waals surface area contributed by atoms with Crippen LogP contribution in [0.3, 0.4) is 0 Å². The molecule has 0 saturated carbocycles. The lowest BCUT2D eigenvalue weighted by Gasteiger charge is -2.47. The van der Waals surface area contributed by atoms with Crippen LogP contribution in [0.15, 0.2) is 30.3 Å². The summed E-state index contributed by atoms with van der Waals surface area (Å²) < 4.78 is 0. The van der Waals surface area contributed by atoms with E-state index in [-0.39, 0.29) is 0 Å². The van der Waals surface area contributed by atoms with Crippen molar-refractivity contribution in [1.29, 1.82) is 5.26 Å². The maximum Gasteiger partial charge on any atom is 0.0657 e. The van der Waals surface area contributed by atoms with E-state index in [9.17, 15) is 0 Å². The maximum atomic E-state index is 9.15. The van der Waals surface area contributed by atoms with E-state index in [1.54, 1.807) is 0 Å². The molecule has 0 N–H and O–H groups in total. The van der Waals surface area contributed by atoms with Crippen molar-refractivity contribution in [2.24, 2.45) is 5.92 Å². The van der Waals surface area contributed by atoms with Crippen LogP contribution in [0.25, 0.3) is 0 Å². The van der Waals surface area contributed by atoms with Gasteiger partial charge in [-0.05, 0) is 31.2 Å². The fraction of sp³-hybridized carbons (Fsp3) is 0.562. The Bertz CT molecular complexity index is 420. The fourth-order valence-corrected chi connectivity index (χ4v) is 3.64. The number of nitriles is 1. The highest BCUT2D eigenvalue weighted by Crippen LogP contribution is 2.37. The molecule has 0 aromatic heterocycles. The van der Waals surface area contributed by atoms with Gasteiger partial charge in [-0.25, -0.2) is 0 Å². The Balaban J connectivity index is 1.74. The molecule has 2 heterocycles. The van der Waals surface area contributed by atoms with Crippen LogP contribution in [-0.2, 0) is 6.54 Å². The molecular weight excluding hydrogens is 220 g/mol. The quantitative estimate of drug-likeness (QED) is 0.792. The zero-order valence-electron chi connectivity index (χ0n) is 10.8. The van der Waals surface area contributed by atoms with Crippen molar-refractivity contribution in [1.82, 2.24) is 4.90 Å². The third kappa shape index (κ3) is 2.28. The van der Waals surface area contributed by atoms with Gasteiger partial charge in [0, 0.05) is 24.5 Å². The van der Waals surface area contributed by atoms with E-state index in [0.717, 1.165) is 19.4 Å².